The van der Waals surface area contributed by atoms with Gasteiger partial charge >= 0.3 is 0 Å². The van der Waals surface area contributed by atoms with Crippen molar-refractivity contribution in [1.82, 2.24) is 15.0 Å². The predicted molar refractivity (Wildman–Crippen MR) is 90.0 cm³/mol. The molecule has 3 heterocycles. The molecule has 1 saturated heterocycles. The Morgan fingerprint density at radius 3 is 2.74 bits per heavy atom. The molecule has 23 heavy (non-hydrogen) atoms. The fourth-order valence-corrected chi connectivity index (χ4v) is 4.43. The minimum atomic E-state index is 0.0333. The number of amides is 1. The molecule has 1 aromatic heterocycles. The summed E-state index contributed by atoms with van der Waals surface area (Å²) in [6.07, 6.45) is 4.09. The number of carbonyl (C=O) groups excluding carboxylic acids is 1. The zero-order valence-corrected chi connectivity index (χ0v) is 14.3. The van der Waals surface area contributed by atoms with Crippen molar-refractivity contribution >= 4 is 22.8 Å². The van der Waals surface area contributed by atoms with E-state index in [4.69, 9.17) is 4.52 Å². The zero-order chi connectivity index (χ0) is 15.8. The summed E-state index contributed by atoms with van der Waals surface area (Å²) in [5.74, 6) is 0.954. The van der Waals surface area contributed by atoms with E-state index in [0.717, 1.165) is 74.9 Å². The van der Waals surface area contributed by atoms with Gasteiger partial charge in [-0.05, 0) is 19.3 Å². The molecule has 1 aliphatic carbocycles. The Hall–Kier alpha value is -1.50. The minimum absolute atomic E-state index is 0.0333. The number of fused-ring (bicyclic) bond motifs is 1. The number of hydrogen-bond donors (Lipinski definition) is 0. The highest BCUT2D eigenvalue weighted by Gasteiger charge is 2.31. The molecule has 0 N–H and O–H groups in total. The van der Waals surface area contributed by atoms with Gasteiger partial charge in [0.2, 0.25) is 0 Å². The second kappa shape index (κ2) is 6.19. The number of aryl methyl sites for hydroxylation is 1. The molecule has 6 nitrogen and oxygen atoms in total. The van der Waals surface area contributed by atoms with E-state index in [9.17, 15) is 4.79 Å². The van der Waals surface area contributed by atoms with Crippen LogP contribution in [0.2, 0.25) is 0 Å². The van der Waals surface area contributed by atoms with Crippen molar-refractivity contribution in [2.45, 2.75) is 37.9 Å². The monoisotopic (exact) mass is 334 g/mol. The van der Waals surface area contributed by atoms with Crippen LogP contribution in [0.1, 0.15) is 41.6 Å². The van der Waals surface area contributed by atoms with Crippen molar-refractivity contribution in [3.8, 4) is 0 Å². The van der Waals surface area contributed by atoms with Crippen molar-refractivity contribution < 1.29 is 9.32 Å². The average Bonchev–Trinajstić information content (AvgIpc) is 3.21. The van der Waals surface area contributed by atoms with E-state index in [0.29, 0.717) is 10.9 Å². The Morgan fingerprint density at radius 1 is 1.22 bits per heavy atom. The van der Waals surface area contributed by atoms with Gasteiger partial charge in [-0.25, -0.2) is 0 Å². The van der Waals surface area contributed by atoms with E-state index in [1.165, 1.54) is 0 Å². The third-order valence-electron chi connectivity index (χ3n) is 4.78. The highest BCUT2D eigenvalue weighted by molar-refractivity contribution is 8.14. The van der Waals surface area contributed by atoms with Gasteiger partial charge in [0.05, 0.1) is 6.54 Å². The van der Waals surface area contributed by atoms with E-state index >= 15 is 0 Å². The van der Waals surface area contributed by atoms with Crippen molar-refractivity contribution in [2.75, 3.05) is 32.7 Å². The molecule has 0 spiro atoms. The predicted octanol–water partition coefficient (Wildman–Crippen LogP) is 1.80. The second-order valence-corrected chi connectivity index (χ2v) is 7.88. The van der Waals surface area contributed by atoms with Crippen molar-refractivity contribution in [3.05, 3.63) is 17.0 Å². The van der Waals surface area contributed by atoms with E-state index in [1.807, 2.05) is 16.7 Å². The van der Waals surface area contributed by atoms with Gasteiger partial charge in [-0.1, -0.05) is 23.8 Å². The topological polar surface area (TPSA) is 61.9 Å². The summed E-state index contributed by atoms with van der Waals surface area (Å²) in [4.78, 5) is 21.6. The number of carbonyl (C=O) groups is 1. The van der Waals surface area contributed by atoms with Crippen LogP contribution in [-0.2, 0) is 12.8 Å². The van der Waals surface area contributed by atoms with Crippen LogP contribution in [0, 0.1) is 0 Å². The molecule has 2 aliphatic heterocycles. The van der Waals surface area contributed by atoms with Gasteiger partial charge in [0.15, 0.2) is 10.9 Å². The van der Waals surface area contributed by atoms with Gasteiger partial charge in [0, 0.05) is 43.4 Å². The molecule has 1 fully saturated rings. The molecule has 7 heteroatoms. The summed E-state index contributed by atoms with van der Waals surface area (Å²) in [6, 6.07) is 0. The molecular formula is C16H22N4O2S. The summed E-state index contributed by atoms with van der Waals surface area (Å²) >= 11 is 1.84. The molecule has 124 valence electrons. The first kappa shape index (κ1) is 15.1. The SMILES string of the molecule is C[C@@H]1CN=C(N2CCN(C(=O)c3noc4c3CCCC4)CC2)S1. The van der Waals surface area contributed by atoms with E-state index in [1.54, 1.807) is 0 Å². The summed E-state index contributed by atoms with van der Waals surface area (Å²) in [5.41, 5.74) is 1.60. The fraction of sp³-hybridized carbons (Fsp3) is 0.688. The van der Waals surface area contributed by atoms with Crippen LogP contribution in [0.25, 0.3) is 0 Å². The number of aliphatic imine (C=N–C) groups is 1. The minimum Gasteiger partial charge on any atom is -0.360 e. The summed E-state index contributed by atoms with van der Waals surface area (Å²) in [6.45, 7) is 6.27. The van der Waals surface area contributed by atoms with E-state index in [-0.39, 0.29) is 5.91 Å². The van der Waals surface area contributed by atoms with Crippen LogP contribution in [0.5, 0.6) is 0 Å². The van der Waals surface area contributed by atoms with Crippen LogP contribution >= 0.6 is 11.8 Å². The molecule has 1 atom stereocenters. The van der Waals surface area contributed by atoms with Crippen LogP contribution in [0.15, 0.2) is 9.52 Å². The maximum absolute atomic E-state index is 12.8. The maximum atomic E-state index is 12.8. The molecule has 0 saturated carbocycles. The Bertz CT molecular complexity index is 634. The summed E-state index contributed by atoms with van der Waals surface area (Å²) < 4.78 is 5.38. The van der Waals surface area contributed by atoms with Gasteiger partial charge in [0.25, 0.3) is 5.91 Å². The molecule has 3 aliphatic rings. The molecule has 0 unspecified atom stereocenters. The van der Waals surface area contributed by atoms with Crippen LogP contribution in [0.4, 0.5) is 0 Å². The number of nitrogens with zero attached hydrogens (tertiary/aromatic N) is 4. The smallest absolute Gasteiger partial charge is 0.276 e. The molecule has 1 amide bonds. The maximum Gasteiger partial charge on any atom is 0.276 e. The van der Waals surface area contributed by atoms with Crippen molar-refractivity contribution in [1.29, 1.82) is 0 Å². The number of rotatable bonds is 1. The second-order valence-electron chi connectivity index (χ2n) is 6.47. The molecule has 0 bridgehead atoms. The molecule has 0 aromatic carbocycles. The Balaban J connectivity index is 1.40. The van der Waals surface area contributed by atoms with Gasteiger partial charge in [0.1, 0.15) is 5.76 Å². The number of thioether (sulfide) groups is 1. The number of amidine groups is 1. The number of hydrogen-bond acceptors (Lipinski definition) is 6. The first-order chi connectivity index (χ1) is 11.2. The lowest BCUT2D eigenvalue weighted by Crippen LogP contribution is -2.50. The lowest BCUT2D eigenvalue weighted by molar-refractivity contribution is 0.0682. The van der Waals surface area contributed by atoms with Gasteiger partial charge in [-0.3, -0.25) is 9.79 Å². The van der Waals surface area contributed by atoms with Gasteiger partial charge in [-0.2, -0.15) is 0 Å². The molecule has 1 aromatic rings. The lowest BCUT2D eigenvalue weighted by atomic mass is 9.96. The average molecular weight is 334 g/mol. The fourth-order valence-electron chi connectivity index (χ4n) is 3.44. The molecule has 0 radical (unpaired) electrons. The Kier molecular flexibility index (Phi) is 4.05. The molecule has 4 rings (SSSR count). The zero-order valence-electron chi connectivity index (χ0n) is 13.5. The summed E-state index contributed by atoms with van der Waals surface area (Å²) in [7, 11) is 0. The number of aromatic nitrogens is 1. The first-order valence-electron chi connectivity index (χ1n) is 8.45. The number of piperazine rings is 1. The highest BCUT2D eigenvalue weighted by Crippen LogP contribution is 2.26. The van der Waals surface area contributed by atoms with Crippen molar-refractivity contribution in [3.63, 3.8) is 0 Å². The molecular weight excluding hydrogens is 312 g/mol. The first-order valence-corrected chi connectivity index (χ1v) is 9.33. The standard InChI is InChI=1S/C16H22N4O2S/c1-11-10-17-16(23-11)20-8-6-19(7-9-20)15(21)14-12-4-2-3-5-13(12)22-18-14/h11H,2-10H2,1H3/t11-/m1/s1. The Morgan fingerprint density at radius 2 is 2.00 bits per heavy atom. The highest BCUT2D eigenvalue weighted by atomic mass is 32.2. The third kappa shape index (κ3) is 2.86. The quantitative estimate of drug-likeness (QED) is 0.784. The lowest BCUT2D eigenvalue weighted by Gasteiger charge is -2.35. The van der Waals surface area contributed by atoms with E-state index in [2.05, 4.69) is 22.0 Å². The van der Waals surface area contributed by atoms with Crippen LogP contribution < -0.4 is 0 Å². The van der Waals surface area contributed by atoms with Crippen LogP contribution in [-0.4, -0.2) is 64.0 Å². The van der Waals surface area contributed by atoms with Crippen molar-refractivity contribution in [2.24, 2.45) is 4.99 Å². The van der Waals surface area contributed by atoms with Gasteiger partial charge < -0.3 is 14.3 Å². The summed E-state index contributed by atoms with van der Waals surface area (Å²) in [5, 5.41) is 5.79. The van der Waals surface area contributed by atoms with Crippen LogP contribution in [0.3, 0.4) is 0 Å². The normalized spacial score (nSPS) is 24.6. The third-order valence-corrected chi connectivity index (χ3v) is 5.93. The largest absolute Gasteiger partial charge is 0.360 e. The Labute approximate surface area is 140 Å². The van der Waals surface area contributed by atoms with Gasteiger partial charge in [-0.15, -0.1) is 0 Å². The van der Waals surface area contributed by atoms with E-state index < -0.39 is 0 Å².